The normalized spacial score (nSPS) is 10.4. The quantitative estimate of drug-likeness (QED) is 0.668. The number of anilines is 1. The van der Waals surface area contributed by atoms with E-state index >= 15 is 0 Å². The molecule has 3 aromatic rings. The van der Waals surface area contributed by atoms with Gasteiger partial charge >= 0.3 is 0 Å². The maximum atomic E-state index is 5.47. The molecule has 0 aliphatic rings. The molecule has 1 N–H and O–H groups in total. The van der Waals surface area contributed by atoms with Gasteiger partial charge in [0.1, 0.15) is 0 Å². The molecule has 0 unspecified atom stereocenters. The number of nitrogens with one attached hydrogen (secondary N) is 1. The number of hydrogen-bond donors (Lipinski definition) is 1. The van der Waals surface area contributed by atoms with E-state index in [1.807, 2.05) is 18.2 Å². The molecule has 1 aromatic carbocycles. The molecule has 3 heteroatoms. The van der Waals surface area contributed by atoms with Crippen molar-refractivity contribution in [2.45, 2.75) is 6.04 Å². The van der Waals surface area contributed by atoms with Crippen molar-refractivity contribution in [1.29, 1.82) is 0 Å². The third kappa shape index (κ3) is 2.77. The van der Waals surface area contributed by atoms with Crippen molar-refractivity contribution in [3.05, 3.63) is 74.6 Å². The largest absolute Gasteiger partial charge is 0.373 e. The molecule has 0 atom stereocenters. The highest BCUT2D eigenvalue weighted by molar-refractivity contribution is 7.11. The van der Waals surface area contributed by atoms with Gasteiger partial charge in [-0.25, -0.2) is 0 Å². The second-order valence-corrected chi connectivity index (χ2v) is 6.29. The van der Waals surface area contributed by atoms with Gasteiger partial charge in [0, 0.05) is 21.0 Å². The van der Waals surface area contributed by atoms with Gasteiger partial charge in [0.15, 0.2) is 0 Å². The van der Waals surface area contributed by atoms with Crippen LogP contribution in [0.1, 0.15) is 21.4 Å². The molecule has 2 aromatic heterocycles. The average molecular weight is 295 g/mol. The Balaban J connectivity index is 1.93. The van der Waals surface area contributed by atoms with Crippen molar-refractivity contribution in [2.75, 3.05) is 5.32 Å². The summed E-state index contributed by atoms with van der Waals surface area (Å²) < 4.78 is 0. The monoisotopic (exact) mass is 295 g/mol. The van der Waals surface area contributed by atoms with Crippen molar-refractivity contribution in [1.82, 2.24) is 0 Å². The number of hydrogen-bond acceptors (Lipinski definition) is 3. The molecule has 0 saturated carbocycles. The molecule has 0 bridgehead atoms. The fourth-order valence-corrected chi connectivity index (χ4v) is 3.72. The van der Waals surface area contributed by atoms with Crippen LogP contribution in [0.5, 0.6) is 0 Å². The molecule has 0 saturated heterocycles. The summed E-state index contributed by atoms with van der Waals surface area (Å²) >= 11 is 3.52. The summed E-state index contributed by atoms with van der Waals surface area (Å²) in [7, 11) is 0. The summed E-state index contributed by atoms with van der Waals surface area (Å²) in [6.45, 7) is 0. The standard InChI is InChI=1S/C17H13NS2/c1-2-13-6-3-7-14(12-13)18-17(15-8-4-10-19-15)16-9-5-11-20-16/h1,3-12,17-18H. The third-order valence-corrected chi connectivity index (χ3v) is 4.87. The van der Waals surface area contributed by atoms with Gasteiger partial charge in [-0.05, 0) is 41.1 Å². The van der Waals surface area contributed by atoms with Gasteiger partial charge in [-0.1, -0.05) is 24.1 Å². The lowest BCUT2D eigenvalue weighted by molar-refractivity contribution is 0.993. The summed E-state index contributed by atoms with van der Waals surface area (Å²) in [5, 5.41) is 7.80. The molecule has 1 nitrogen and oxygen atoms in total. The summed E-state index contributed by atoms with van der Waals surface area (Å²) in [6, 6.07) is 16.7. The SMILES string of the molecule is C#Cc1cccc(NC(c2cccs2)c2cccs2)c1. The van der Waals surface area contributed by atoms with Gasteiger partial charge in [0.05, 0.1) is 6.04 Å². The highest BCUT2D eigenvalue weighted by Crippen LogP contribution is 2.32. The molecule has 98 valence electrons. The maximum absolute atomic E-state index is 5.47. The molecule has 0 aliphatic heterocycles. The molecule has 20 heavy (non-hydrogen) atoms. The number of thiophene rings is 2. The van der Waals surface area contributed by atoms with Crippen molar-refractivity contribution < 1.29 is 0 Å². The first-order chi connectivity index (χ1) is 9.86. The lowest BCUT2D eigenvalue weighted by Crippen LogP contribution is -2.09. The van der Waals surface area contributed by atoms with E-state index in [0.717, 1.165) is 11.3 Å². The van der Waals surface area contributed by atoms with E-state index in [0.29, 0.717) is 0 Å². The third-order valence-electron chi connectivity index (χ3n) is 3.00. The van der Waals surface area contributed by atoms with E-state index < -0.39 is 0 Å². The molecular formula is C17H13NS2. The zero-order chi connectivity index (χ0) is 13.8. The Morgan fingerprint density at radius 2 is 1.65 bits per heavy atom. The Kier molecular flexibility index (Phi) is 3.87. The molecule has 0 aliphatic carbocycles. The maximum Gasteiger partial charge on any atom is 0.0953 e. The van der Waals surface area contributed by atoms with Crippen molar-refractivity contribution in [3.8, 4) is 12.3 Å². The van der Waals surface area contributed by atoms with Crippen LogP contribution in [-0.2, 0) is 0 Å². The predicted molar refractivity (Wildman–Crippen MR) is 88.5 cm³/mol. The number of benzene rings is 1. The van der Waals surface area contributed by atoms with Gasteiger partial charge in [0.2, 0.25) is 0 Å². The molecule has 0 spiro atoms. The van der Waals surface area contributed by atoms with Crippen molar-refractivity contribution in [3.63, 3.8) is 0 Å². The minimum absolute atomic E-state index is 0.183. The predicted octanol–water partition coefficient (Wildman–Crippen LogP) is 4.99. The number of rotatable bonds is 4. The topological polar surface area (TPSA) is 12.0 Å². The second-order valence-electron chi connectivity index (χ2n) is 4.33. The van der Waals surface area contributed by atoms with Crippen LogP contribution >= 0.6 is 22.7 Å². The van der Waals surface area contributed by atoms with Gasteiger partial charge in [0.25, 0.3) is 0 Å². The molecule has 2 heterocycles. The lowest BCUT2D eigenvalue weighted by Gasteiger charge is -2.17. The molecular weight excluding hydrogens is 282 g/mol. The Hall–Kier alpha value is -2.02. The van der Waals surface area contributed by atoms with Crippen LogP contribution in [0.2, 0.25) is 0 Å². The lowest BCUT2D eigenvalue weighted by atomic mass is 10.1. The van der Waals surface area contributed by atoms with E-state index in [1.54, 1.807) is 22.7 Å². The fourth-order valence-electron chi connectivity index (χ4n) is 2.06. The molecule has 3 rings (SSSR count). The van der Waals surface area contributed by atoms with Gasteiger partial charge in [-0.15, -0.1) is 29.1 Å². The highest BCUT2D eigenvalue weighted by Gasteiger charge is 2.16. The van der Waals surface area contributed by atoms with E-state index in [2.05, 4.69) is 52.3 Å². The molecule has 0 amide bonds. The van der Waals surface area contributed by atoms with E-state index in [1.165, 1.54) is 9.75 Å². The number of terminal acetylenes is 1. The minimum atomic E-state index is 0.183. The van der Waals surface area contributed by atoms with Crippen LogP contribution in [-0.4, -0.2) is 0 Å². The summed E-state index contributed by atoms with van der Waals surface area (Å²) in [4.78, 5) is 2.61. The van der Waals surface area contributed by atoms with Crippen LogP contribution in [0.4, 0.5) is 5.69 Å². The Labute approximate surface area is 126 Å². The summed E-state index contributed by atoms with van der Waals surface area (Å²) in [5.41, 5.74) is 1.94. The van der Waals surface area contributed by atoms with Gasteiger partial charge in [-0.3, -0.25) is 0 Å². The zero-order valence-electron chi connectivity index (χ0n) is 10.7. The summed E-state index contributed by atoms with van der Waals surface area (Å²) in [6.07, 6.45) is 5.47. The van der Waals surface area contributed by atoms with E-state index in [4.69, 9.17) is 6.42 Å². The molecule has 0 radical (unpaired) electrons. The average Bonchev–Trinajstić information content (AvgIpc) is 3.18. The summed E-state index contributed by atoms with van der Waals surface area (Å²) in [5.74, 6) is 2.68. The molecule has 0 fully saturated rings. The Morgan fingerprint density at radius 1 is 0.950 bits per heavy atom. The smallest absolute Gasteiger partial charge is 0.0953 e. The van der Waals surface area contributed by atoms with Crippen molar-refractivity contribution in [2.24, 2.45) is 0 Å². The second kappa shape index (κ2) is 5.96. The first-order valence-corrected chi connectivity index (χ1v) is 8.03. The van der Waals surface area contributed by atoms with E-state index in [-0.39, 0.29) is 6.04 Å². The highest BCUT2D eigenvalue weighted by atomic mass is 32.1. The first-order valence-electron chi connectivity index (χ1n) is 6.27. The minimum Gasteiger partial charge on any atom is -0.373 e. The van der Waals surface area contributed by atoms with Crippen LogP contribution < -0.4 is 5.32 Å². The fraction of sp³-hybridized carbons (Fsp3) is 0.0588. The zero-order valence-corrected chi connectivity index (χ0v) is 12.4. The Bertz CT molecular complexity index is 672. The van der Waals surface area contributed by atoms with Crippen LogP contribution in [0.15, 0.2) is 59.3 Å². The van der Waals surface area contributed by atoms with Crippen LogP contribution in [0.3, 0.4) is 0 Å². The van der Waals surface area contributed by atoms with E-state index in [9.17, 15) is 0 Å². The first kappa shape index (κ1) is 13.0. The van der Waals surface area contributed by atoms with Crippen LogP contribution in [0.25, 0.3) is 0 Å². The van der Waals surface area contributed by atoms with Gasteiger partial charge < -0.3 is 5.32 Å². The van der Waals surface area contributed by atoms with Gasteiger partial charge in [-0.2, -0.15) is 0 Å². The Morgan fingerprint density at radius 3 is 2.20 bits per heavy atom. The van der Waals surface area contributed by atoms with Crippen molar-refractivity contribution >= 4 is 28.4 Å². The van der Waals surface area contributed by atoms with Crippen LogP contribution in [0, 0.1) is 12.3 Å².